The molecule has 1 nitrogen and oxygen atoms in total. The van der Waals surface area contributed by atoms with Gasteiger partial charge in [-0.3, -0.25) is 0 Å². The number of benzene rings is 1. The molecule has 0 bridgehead atoms. The molecule has 1 rings (SSSR count). The molecule has 0 heterocycles. The molecule has 0 aliphatic rings. The normalized spacial score (nSPS) is 9.73. The summed E-state index contributed by atoms with van der Waals surface area (Å²) in [6.07, 6.45) is 1.83. The van der Waals surface area contributed by atoms with E-state index in [2.05, 4.69) is 32.8 Å². The third-order valence-electron chi connectivity index (χ3n) is 1.44. The first-order valence-electron chi connectivity index (χ1n) is 5.02. The Morgan fingerprint density at radius 2 is 1.47 bits per heavy atom. The lowest BCUT2D eigenvalue weighted by Crippen LogP contribution is -2.17. The lowest BCUT2D eigenvalue weighted by Gasteiger charge is -2.05. The van der Waals surface area contributed by atoms with Crippen LogP contribution in [0, 0.1) is 0 Å². The van der Waals surface area contributed by atoms with Gasteiger partial charge in [0.05, 0.1) is 0 Å². The Morgan fingerprint density at radius 1 is 1.00 bits per heavy atom. The van der Waals surface area contributed by atoms with E-state index in [0.717, 1.165) is 0 Å². The Balaban J connectivity index is 0.000000265. The Labute approximate surface area is 97.3 Å². The van der Waals surface area contributed by atoms with Gasteiger partial charge in [0.15, 0.2) is 18.1 Å². The van der Waals surface area contributed by atoms with E-state index in [4.69, 9.17) is 4.12 Å². The molecule has 0 unspecified atom stereocenters. The highest BCUT2D eigenvalue weighted by atomic mass is 28.4. The van der Waals surface area contributed by atoms with Crippen molar-refractivity contribution in [2.45, 2.75) is 26.2 Å². The molecule has 0 saturated heterocycles. The molecular formula is C12H20OSi2. The van der Waals surface area contributed by atoms with Gasteiger partial charge in [-0.1, -0.05) is 43.0 Å². The van der Waals surface area contributed by atoms with Gasteiger partial charge in [-0.15, -0.1) is 0 Å². The van der Waals surface area contributed by atoms with Crippen molar-refractivity contribution < 1.29 is 4.12 Å². The monoisotopic (exact) mass is 236 g/mol. The minimum absolute atomic E-state index is 0.389. The van der Waals surface area contributed by atoms with Gasteiger partial charge in [-0.2, -0.15) is 0 Å². The molecule has 1 aromatic carbocycles. The van der Waals surface area contributed by atoms with Crippen LogP contribution in [0.1, 0.15) is 5.56 Å². The maximum absolute atomic E-state index is 5.45. The molecule has 0 spiro atoms. The van der Waals surface area contributed by atoms with Gasteiger partial charge >= 0.3 is 0 Å². The number of rotatable bonds is 3. The lowest BCUT2D eigenvalue weighted by atomic mass is 10.2. The van der Waals surface area contributed by atoms with Gasteiger partial charge in [0.25, 0.3) is 0 Å². The highest BCUT2D eigenvalue weighted by Gasteiger charge is 1.99. The zero-order valence-electron chi connectivity index (χ0n) is 10.1. The van der Waals surface area contributed by atoms with Crippen molar-refractivity contribution in [3.05, 3.63) is 42.5 Å². The molecule has 2 radical (unpaired) electrons. The second-order valence-corrected chi connectivity index (χ2v) is 7.98. The van der Waals surface area contributed by atoms with Crippen molar-refractivity contribution in [1.82, 2.24) is 0 Å². The summed E-state index contributed by atoms with van der Waals surface area (Å²) in [6, 6.07) is 10.0. The third-order valence-corrected chi connectivity index (χ3v) is 4.71. The smallest absolute Gasteiger partial charge is 0.191 e. The molecule has 0 fully saturated rings. The van der Waals surface area contributed by atoms with Crippen LogP contribution in [0.5, 0.6) is 0 Å². The Morgan fingerprint density at radius 3 is 1.67 bits per heavy atom. The predicted molar refractivity (Wildman–Crippen MR) is 72.6 cm³/mol. The minimum Gasteiger partial charge on any atom is -0.456 e. The molecular weight excluding hydrogens is 216 g/mol. The molecule has 15 heavy (non-hydrogen) atoms. The molecule has 0 aliphatic carbocycles. The first-order valence-corrected chi connectivity index (χ1v) is 9.83. The summed E-state index contributed by atoms with van der Waals surface area (Å²) in [5, 5.41) is 0. The van der Waals surface area contributed by atoms with E-state index in [1.54, 1.807) is 0 Å². The van der Waals surface area contributed by atoms with Crippen molar-refractivity contribution in [2.75, 3.05) is 0 Å². The van der Waals surface area contributed by atoms with Crippen LogP contribution in [0.25, 0.3) is 6.08 Å². The topological polar surface area (TPSA) is 9.23 Å². The fraction of sp³-hybridized carbons (Fsp3) is 0.333. The Hall–Kier alpha value is -0.646. The van der Waals surface area contributed by atoms with Crippen molar-refractivity contribution in [3.63, 3.8) is 0 Å². The highest BCUT2D eigenvalue weighted by Crippen LogP contribution is 1.97. The summed E-state index contributed by atoms with van der Waals surface area (Å²) in [5.74, 6) is 0. The van der Waals surface area contributed by atoms with E-state index in [0.29, 0.717) is 0 Å². The molecule has 0 aromatic heterocycles. The van der Waals surface area contributed by atoms with E-state index < -0.39 is 0 Å². The maximum atomic E-state index is 5.45. The van der Waals surface area contributed by atoms with Gasteiger partial charge in [-0.25, -0.2) is 0 Å². The van der Waals surface area contributed by atoms with E-state index in [9.17, 15) is 0 Å². The summed E-state index contributed by atoms with van der Waals surface area (Å²) in [7, 11) is -0.778. The van der Waals surface area contributed by atoms with Crippen LogP contribution < -0.4 is 0 Å². The fourth-order valence-electron chi connectivity index (χ4n) is 0.997. The molecule has 82 valence electrons. The molecule has 0 aliphatic heterocycles. The second kappa shape index (κ2) is 8.65. The summed E-state index contributed by atoms with van der Waals surface area (Å²) in [5.41, 5.74) is 1.17. The van der Waals surface area contributed by atoms with E-state index >= 15 is 0 Å². The van der Waals surface area contributed by atoms with Crippen LogP contribution >= 0.6 is 0 Å². The largest absolute Gasteiger partial charge is 0.456 e. The van der Waals surface area contributed by atoms with Crippen LogP contribution in [0.15, 0.2) is 36.9 Å². The molecule has 0 N–H and O–H groups in total. The third kappa shape index (κ3) is 9.65. The number of hydrogen-bond acceptors (Lipinski definition) is 1. The van der Waals surface area contributed by atoms with Crippen LogP contribution in [-0.4, -0.2) is 18.1 Å². The van der Waals surface area contributed by atoms with Crippen molar-refractivity contribution >= 4 is 24.2 Å². The minimum atomic E-state index is -0.389. The summed E-state index contributed by atoms with van der Waals surface area (Å²) in [6.45, 7) is 12.3. The van der Waals surface area contributed by atoms with Crippen molar-refractivity contribution in [3.8, 4) is 0 Å². The average molecular weight is 236 g/mol. The SMILES string of the molecule is C=Cc1ccccc1.C[Si](C)O[Si](C)C. The molecule has 3 heteroatoms. The van der Waals surface area contributed by atoms with Crippen LogP contribution in [0.3, 0.4) is 0 Å². The summed E-state index contributed by atoms with van der Waals surface area (Å²) < 4.78 is 5.45. The molecule has 0 saturated carbocycles. The first-order chi connectivity index (χ1) is 7.06. The Bertz CT molecular complexity index is 252. The van der Waals surface area contributed by atoms with Gasteiger partial charge in [0.1, 0.15) is 0 Å². The summed E-state index contributed by atoms with van der Waals surface area (Å²) in [4.78, 5) is 0. The van der Waals surface area contributed by atoms with Crippen LogP contribution in [0.4, 0.5) is 0 Å². The van der Waals surface area contributed by atoms with Gasteiger partial charge in [0, 0.05) is 0 Å². The van der Waals surface area contributed by atoms with Gasteiger partial charge in [-0.05, 0) is 31.8 Å². The maximum Gasteiger partial charge on any atom is 0.191 e. The molecule has 0 atom stereocenters. The van der Waals surface area contributed by atoms with Gasteiger partial charge in [0.2, 0.25) is 0 Å². The summed E-state index contributed by atoms with van der Waals surface area (Å²) >= 11 is 0. The number of hydrogen-bond donors (Lipinski definition) is 0. The Kier molecular flexibility index (Phi) is 8.27. The predicted octanol–water partition coefficient (Wildman–Crippen LogP) is 3.83. The van der Waals surface area contributed by atoms with Crippen LogP contribution in [-0.2, 0) is 4.12 Å². The first kappa shape index (κ1) is 14.4. The van der Waals surface area contributed by atoms with E-state index in [-0.39, 0.29) is 18.1 Å². The van der Waals surface area contributed by atoms with Crippen molar-refractivity contribution in [1.29, 1.82) is 0 Å². The highest BCUT2D eigenvalue weighted by molar-refractivity contribution is 6.63. The van der Waals surface area contributed by atoms with Crippen LogP contribution in [0.2, 0.25) is 26.2 Å². The van der Waals surface area contributed by atoms with Gasteiger partial charge < -0.3 is 4.12 Å². The standard InChI is InChI=1S/C8H8.C4H12OSi2/c1-2-8-6-4-3-5-7-8;1-6(2)5-7(3)4/h2-7H,1H2;1-4H3. The van der Waals surface area contributed by atoms with E-state index in [1.165, 1.54) is 5.56 Å². The lowest BCUT2D eigenvalue weighted by molar-refractivity contribution is 0.608. The van der Waals surface area contributed by atoms with Crippen molar-refractivity contribution in [2.24, 2.45) is 0 Å². The van der Waals surface area contributed by atoms with E-state index in [1.807, 2.05) is 36.4 Å². The average Bonchev–Trinajstić information content (AvgIpc) is 2.18. The fourth-order valence-corrected chi connectivity index (χ4v) is 4.26. The zero-order valence-corrected chi connectivity index (χ0v) is 12.1. The zero-order chi connectivity index (χ0) is 11.7. The molecule has 0 amide bonds. The quantitative estimate of drug-likeness (QED) is 0.725. The second-order valence-electron chi connectivity index (χ2n) is 3.53. The molecule has 1 aromatic rings.